The van der Waals surface area contributed by atoms with Gasteiger partial charge in [-0.05, 0) is 19.3 Å². The first-order valence-electron chi connectivity index (χ1n) is 3.66. The highest BCUT2D eigenvalue weighted by Crippen LogP contribution is 2.07. The lowest BCUT2D eigenvalue weighted by molar-refractivity contribution is 0.826. The summed E-state index contributed by atoms with van der Waals surface area (Å²) >= 11 is 11.3. The minimum Gasteiger partial charge on any atom is -0.125 e. The maximum Gasteiger partial charge on any atom is 0.0474 e. The van der Waals surface area contributed by atoms with Crippen molar-refractivity contribution in [1.29, 1.82) is 0 Å². The molecule has 0 bridgehead atoms. The molecule has 0 heterocycles. The molecule has 10 heavy (non-hydrogen) atoms. The van der Waals surface area contributed by atoms with Crippen molar-refractivity contribution in [3.63, 3.8) is 0 Å². The number of hydrogen-bond acceptors (Lipinski definition) is 0. The van der Waals surface area contributed by atoms with Crippen LogP contribution in [0.5, 0.6) is 0 Å². The van der Waals surface area contributed by atoms with Gasteiger partial charge in [0.25, 0.3) is 0 Å². The fourth-order valence-electron chi connectivity index (χ4n) is 0.639. The normalized spacial score (nSPS) is 14.3. The molecule has 0 radical (unpaired) electrons. The van der Waals surface area contributed by atoms with Crippen LogP contribution in [0.2, 0.25) is 0 Å². The number of alkyl halides is 2. The Labute approximate surface area is 73.2 Å². The number of allylic oxidation sites excluding steroid dienone is 2. The molecule has 0 amide bonds. The number of rotatable bonds is 5. The number of halogens is 2. The molecular weight excluding hydrogens is 167 g/mol. The van der Waals surface area contributed by atoms with Crippen molar-refractivity contribution in [2.75, 3.05) is 5.88 Å². The Morgan fingerprint density at radius 2 is 2.10 bits per heavy atom. The van der Waals surface area contributed by atoms with Crippen LogP contribution in [0.15, 0.2) is 12.2 Å². The van der Waals surface area contributed by atoms with E-state index in [0.717, 1.165) is 19.3 Å². The van der Waals surface area contributed by atoms with E-state index < -0.39 is 0 Å². The van der Waals surface area contributed by atoms with Crippen LogP contribution in [0.1, 0.15) is 26.2 Å². The Hall–Kier alpha value is 0.320. The first kappa shape index (κ1) is 10.3. The molecule has 0 aromatic rings. The van der Waals surface area contributed by atoms with Gasteiger partial charge >= 0.3 is 0 Å². The second-order valence-corrected chi connectivity index (χ2v) is 3.13. The van der Waals surface area contributed by atoms with E-state index in [1.165, 1.54) is 0 Å². The molecule has 1 atom stereocenters. The topological polar surface area (TPSA) is 0 Å². The summed E-state index contributed by atoms with van der Waals surface area (Å²) in [6, 6.07) is 0. The van der Waals surface area contributed by atoms with E-state index in [0.29, 0.717) is 5.88 Å². The van der Waals surface area contributed by atoms with Crippen molar-refractivity contribution in [2.24, 2.45) is 0 Å². The molecule has 0 rings (SSSR count). The highest BCUT2D eigenvalue weighted by Gasteiger charge is 1.98. The van der Waals surface area contributed by atoms with Crippen molar-refractivity contribution in [3.05, 3.63) is 12.2 Å². The highest BCUT2D eigenvalue weighted by atomic mass is 35.5. The van der Waals surface area contributed by atoms with E-state index in [-0.39, 0.29) is 5.38 Å². The van der Waals surface area contributed by atoms with E-state index in [1.54, 1.807) is 0 Å². The van der Waals surface area contributed by atoms with Gasteiger partial charge in [0.15, 0.2) is 0 Å². The molecule has 0 nitrogen and oxygen atoms in total. The minimum absolute atomic E-state index is 0.142. The summed E-state index contributed by atoms with van der Waals surface area (Å²) < 4.78 is 0. The molecule has 0 aromatic carbocycles. The minimum atomic E-state index is 0.142. The van der Waals surface area contributed by atoms with Crippen LogP contribution in [-0.4, -0.2) is 11.3 Å². The summed E-state index contributed by atoms with van der Waals surface area (Å²) in [5, 5.41) is 0.142. The molecule has 60 valence electrons. The fraction of sp³-hybridized carbons (Fsp3) is 0.750. The van der Waals surface area contributed by atoms with Crippen LogP contribution in [0.3, 0.4) is 0 Å². The van der Waals surface area contributed by atoms with Gasteiger partial charge in [0.05, 0.1) is 0 Å². The summed E-state index contributed by atoms with van der Waals surface area (Å²) in [6.07, 6.45) is 7.45. The summed E-state index contributed by atoms with van der Waals surface area (Å²) in [4.78, 5) is 0. The lowest BCUT2D eigenvalue weighted by Crippen LogP contribution is -1.97. The molecule has 0 aromatic heterocycles. The molecule has 2 heteroatoms. The average molecular weight is 181 g/mol. The molecule has 0 aliphatic rings. The molecular formula is C8H14Cl2. The van der Waals surface area contributed by atoms with E-state index in [4.69, 9.17) is 23.2 Å². The standard InChI is InChI=1S/C8H14Cl2/c1-2-3-4-5-6-8(10)7-9/h3-4,8H,2,5-7H2,1H3. The third-order valence-corrected chi connectivity index (χ3v) is 2.12. The maximum atomic E-state index is 5.78. The van der Waals surface area contributed by atoms with Crippen LogP contribution < -0.4 is 0 Å². The second kappa shape index (κ2) is 7.43. The third-order valence-electron chi connectivity index (χ3n) is 1.22. The van der Waals surface area contributed by atoms with Gasteiger partial charge in [-0.1, -0.05) is 19.1 Å². The van der Waals surface area contributed by atoms with Crippen LogP contribution in [-0.2, 0) is 0 Å². The zero-order chi connectivity index (χ0) is 7.82. The predicted octanol–water partition coefficient (Wildman–Crippen LogP) is 3.58. The lowest BCUT2D eigenvalue weighted by atomic mass is 10.2. The van der Waals surface area contributed by atoms with Crippen LogP contribution in [0, 0.1) is 0 Å². The maximum absolute atomic E-state index is 5.78. The van der Waals surface area contributed by atoms with E-state index >= 15 is 0 Å². The lowest BCUT2D eigenvalue weighted by Gasteiger charge is -1.99. The van der Waals surface area contributed by atoms with Crippen molar-refractivity contribution in [3.8, 4) is 0 Å². The quantitative estimate of drug-likeness (QED) is 0.449. The summed E-state index contributed by atoms with van der Waals surface area (Å²) in [6.45, 7) is 2.12. The fourth-order valence-corrected chi connectivity index (χ4v) is 0.919. The van der Waals surface area contributed by atoms with E-state index in [2.05, 4.69) is 19.1 Å². The second-order valence-electron chi connectivity index (χ2n) is 2.21. The van der Waals surface area contributed by atoms with Crippen LogP contribution in [0.4, 0.5) is 0 Å². The van der Waals surface area contributed by atoms with Gasteiger partial charge in [0, 0.05) is 11.3 Å². The summed E-state index contributed by atoms with van der Waals surface area (Å²) in [5.41, 5.74) is 0. The third kappa shape index (κ3) is 6.44. The smallest absolute Gasteiger partial charge is 0.0474 e. The van der Waals surface area contributed by atoms with Gasteiger partial charge in [-0.2, -0.15) is 0 Å². The van der Waals surface area contributed by atoms with Gasteiger partial charge in [-0.3, -0.25) is 0 Å². The monoisotopic (exact) mass is 180 g/mol. The van der Waals surface area contributed by atoms with Crippen molar-refractivity contribution in [2.45, 2.75) is 31.6 Å². The first-order chi connectivity index (χ1) is 4.81. The summed E-state index contributed by atoms with van der Waals surface area (Å²) in [7, 11) is 0. The highest BCUT2D eigenvalue weighted by molar-refractivity contribution is 6.28. The Balaban J connectivity index is 3.10. The van der Waals surface area contributed by atoms with Crippen LogP contribution >= 0.6 is 23.2 Å². The Bertz CT molecular complexity index is 89.3. The molecule has 0 saturated heterocycles. The first-order valence-corrected chi connectivity index (χ1v) is 4.63. The number of hydrogen-bond donors (Lipinski definition) is 0. The zero-order valence-electron chi connectivity index (χ0n) is 6.32. The summed E-state index contributed by atoms with van der Waals surface area (Å²) in [5.74, 6) is 0.557. The predicted molar refractivity (Wildman–Crippen MR) is 49.0 cm³/mol. The van der Waals surface area contributed by atoms with Crippen molar-refractivity contribution >= 4 is 23.2 Å². The van der Waals surface area contributed by atoms with E-state index in [1.807, 2.05) is 0 Å². The average Bonchev–Trinajstić information content (AvgIpc) is 1.98. The molecule has 0 aliphatic heterocycles. The molecule has 0 aliphatic carbocycles. The van der Waals surface area contributed by atoms with Gasteiger partial charge < -0.3 is 0 Å². The largest absolute Gasteiger partial charge is 0.125 e. The molecule has 0 saturated carbocycles. The SMILES string of the molecule is CCC=CCCC(Cl)CCl. The van der Waals surface area contributed by atoms with Crippen LogP contribution in [0.25, 0.3) is 0 Å². The van der Waals surface area contributed by atoms with Gasteiger partial charge in [0.2, 0.25) is 0 Å². The Kier molecular flexibility index (Phi) is 7.66. The zero-order valence-corrected chi connectivity index (χ0v) is 7.83. The Morgan fingerprint density at radius 1 is 1.40 bits per heavy atom. The Morgan fingerprint density at radius 3 is 2.60 bits per heavy atom. The van der Waals surface area contributed by atoms with Crippen molar-refractivity contribution in [1.82, 2.24) is 0 Å². The van der Waals surface area contributed by atoms with E-state index in [9.17, 15) is 0 Å². The van der Waals surface area contributed by atoms with Crippen molar-refractivity contribution < 1.29 is 0 Å². The van der Waals surface area contributed by atoms with Gasteiger partial charge in [-0.25, -0.2) is 0 Å². The molecule has 0 spiro atoms. The molecule has 1 unspecified atom stereocenters. The van der Waals surface area contributed by atoms with Gasteiger partial charge in [-0.15, -0.1) is 23.2 Å². The molecule has 0 fully saturated rings. The molecule has 0 N–H and O–H groups in total. The van der Waals surface area contributed by atoms with Gasteiger partial charge in [0.1, 0.15) is 0 Å².